The van der Waals surface area contributed by atoms with Gasteiger partial charge in [-0.25, -0.2) is 9.07 Å². The van der Waals surface area contributed by atoms with E-state index >= 15 is 0 Å². The molecule has 23 heavy (non-hydrogen) atoms. The molecule has 3 rings (SSSR count). The molecule has 1 heterocycles. The molecule has 118 valence electrons. The van der Waals surface area contributed by atoms with E-state index in [1.807, 2.05) is 24.3 Å². The first kappa shape index (κ1) is 15.5. The molecule has 0 radical (unpaired) electrons. The molecule has 6 heteroatoms. The summed E-state index contributed by atoms with van der Waals surface area (Å²) in [4.78, 5) is 0. The van der Waals surface area contributed by atoms with Gasteiger partial charge < -0.3 is 4.74 Å². The van der Waals surface area contributed by atoms with Gasteiger partial charge in [-0.1, -0.05) is 11.3 Å². The molecule has 0 saturated heterocycles. The van der Waals surface area contributed by atoms with Gasteiger partial charge in [-0.2, -0.15) is 0 Å². The van der Waals surface area contributed by atoms with Crippen LogP contribution in [0.4, 0.5) is 4.39 Å². The summed E-state index contributed by atoms with van der Waals surface area (Å²) in [5.74, 6) is 0.683. The van der Waals surface area contributed by atoms with Crippen LogP contribution in [-0.2, 0) is 5.88 Å². The third-order valence-electron chi connectivity index (χ3n) is 3.63. The van der Waals surface area contributed by atoms with E-state index in [0.717, 1.165) is 17.0 Å². The molecule has 0 N–H and O–H groups in total. The first-order chi connectivity index (χ1) is 11.1. The minimum absolute atomic E-state index is 0.218. The molecule has 1 aromatic heterocycles. The summed E-state index contributed by atoms with van der Waals surface area (Å²) in [7, 11) is 1.61. The second-order valence-corrected chi connectivity index (χ2v) is 5.36. The van der Waals surface area contributed by atoms with Gasteiger partial charge in [0.05, 0.1) is 24.4 Å². The lowest BCUT2D eigenvalue weighted by atomic mass is 10.1. The van der Waals surface area contributed by atoms with Crippen LogP contribution in [0.1, 0.15) is 11.3 Å². The predicted molar refractivity (Wildman–Crippen MR) is 87.6 cm³/mol. The van der Waals surface area contributed by atoms with Crippen LogP contribution in [-0.4, -0.2) is 22.1 Å². The molecule has 0 amide bonds. The molecule has 0 aliphatic rings. The van der Waals surface area contributed by atoms with Crippen molar-refractivity contribution in [2.45, 2.75) is 12.8 Å². The zero-order chi connectivity index (χ0) is 16.4. The topological polar surface area (TPSA) is 39.9 Å². The Hall–Kier alpha value is -2.40. The van der Waals surface area contributed by atoms with E-state index in [2.05, 4.69) is 10.3 Å². The molecule has 0 bridgehead atoms. The first-order valence-corrected chi connectivity index (χ1v) is 7.59. The van der Waals surface area contributed by atoms with Gasteiger partial charge in [-0.15, -0.1) is 16.7 Å². The fourth-order valence-electron chi connectivity index (χ4n) is 2.34. The lowest BCUT2D eigenvalue weighted by Gasteiger charge is -2.09. The van der Waals surface area contributed by atoms with Crippen LogP contribution in [0.5, 0.6) is 5.75 Å². The van der Waals surface area contributed by atoms with Crippen LogP contribution < -0.4 is 4.74 Å². The fraction of sp³-hybridized carbons (Fsp3) is 0.176. The lowest BCUT2D eigenvalue weighted by molar-refractivity contribution is 0.415. The molecule has 0 aliphatic heterocycles. The summed E-state index contributed by atoms with van der Waals surface area (Å²) in [5, 5.41) is 8.24. The Balaban J connectivity index is 2.14. The Kier molecular flexibility index (Phi) is 4.30. The Morgan fingerprint density at radius 3 is 2.52 bits per heavy atom. The van der Waals surface area contributed by atoms with Gasteiger partial charge in [0.2, 0.25) is 0 Å². The molecule has 0 saturated carbocycles. The van der Waals surface area contributed by atoms with Crippen molar-refractivity contribution in [3.05, 3.63) is 59.5 Å². The number of hydrogen-bond donors (Lipinski definition) is 0. The smallest absolute Gasteiger partial charge is 0.128 e. The highest BCUT2D eigenvalue weighted by Gasteiger charge is 2.16. The van der Waals surface area contributed by atoms with E-state index < -0.39 is 0 Å². The molecular formula is C17H15ClFN3O. The number of rotatable bonds is 4. The van der Waals surface area contributed by atoms with Gasteiger partial charge in [0, 0.05) is 5.56 Å². The highest BCUT2D eigenvalue weighted by Crippen LogP contribution is 2.28. The van der Waals surface area contributed by atoms with E-state index in [4.69, 9.17) is 16.3 Å². The van der Waals surface area contributed by atoms with Gasteiger partial charge in [0.25, 0.3) is 0 Å². The highest BCUT2D eigenvalue weighted by molar-refractivity contribution is 6.17. The van der Waals surface area contributed by atoms with Gasteiger partial charge in [0.1, 0.15) is 17.3 Å². The number of aryl methyl sites for hydroxylation is 1. The Labute approximate surface area is 138 Å². The monoisotopic (exact) mass is 331 g/mol. The van der Waals surface area contributed by atoms with Crippen molar-refractivity contribution in [2.75, 3.05) is 7.11 Å². The molecule has 2 aromatic carbocycles. The first-order valence-electron chi connectivity index (χ1n) is 7.05. The summed E-state index contributed by atoms with van der Waals surface area (Å²) in [6.45, 7) is 1.72. The molecule has 0 aliphatic carbocycles. The van der Waals surface area contributed by atoms with Crippen LogP contribution in [0.2, 0.25) is 0 Å². The normalized spacial score (nSPS) is 10.8. The fourth-order valence-corrected chi connectivity index (χ4v) is 2.52. The average Bonchev–Trinajstić information content (AvgIpc) is 3.01. The van der Waals surface area contributed by atoms with Crippen LogP contribution in [0.15, 0.2) is 42.5 Å². The molecule has 0 fully saturated rings. The van der Waals surface area contributed by atoms with Crippen molar-refractivity contribution in [1.29, 1.82) is 0 Å². The number of aromatic nitrogens is 3. The van der Waals surface area contributed by atoms with Crippen LogP contribution in [0.25, 0.3) is 16.9 Å². The largest absolute Gasteiger partial charge is 0.497 e. The summed E-state index contributed by atoms with van der Waals surface area (Å²) in [6, 6.07) is 12.4. The van der Waals surface area contributed by atoms with E-state index in [0.29, 0.717) is 16.9 Å². The number of hydrogen-bond acceptors (Lipinski definition) is 3. The Morgan fingerprint density at radius 1 is 1.17 bits per heavy atom. The molecule has 4 nitrogen and oxygen atoms in total. The minimum Gasteiger partial charge on any atom is -0.497 e. The third-order valence-corrected chi connectivity index (χ3v) is 3.88. The lowest BCUT2D eigenvalue weighted by Crippen LogP contribution is -2.01. The third kappa shape index (κ3) is 2.92. The SMILES string of the molecule is COc1ccc(-c2c(CCl)nnn2-c2ccc(C)c(F)c2)cc1. The Morgan fingerprint density at radius 2 is 1.91 bits per heavy atom. The summed E-state index contributed by atoms with van der Waals surface area (Å²) in [5.41, 5.74) is 3.44. The number of nitrogens with zero attached hydrogens (tertiary/aromatic N) is 3. The van der Waals surface area contributed by atoms with Crippen LogP contribution in [0.3, 0.4) is 0 Å². The molecule has 0 spiro atoms. The average molecular weight is 332 g/mol. The minimum atomic E-state index is -0.286. The number of halogens is 2. The van der Waals surface area contributed by atoms with Crippen LogP contribution in [0, 0.1) is 12.7 Å². The van der Waals surface area contributed by atoms with E-state index in [-0.39, 0.29) is 11.7 Å². The standard InChI is InChI=1S/C17H15ClFN3O/c1-11-3-6-13(9-15(11)19)22-17(16(10-18)20-21-22)12-4-7-14(23-2)8-5-12/h3-9H,10H2,1-2H3. The van der Waals surface area contributed by atoms with Crippen molar-refractivity contribution in [2.24, 2.45) is 0 Å². The predicted octanol–water partition coefficient (Wildman–Crippen LogP) is 4.13. The van der Waals surface area contributed by atoms with Crippen LogP contribution >= 0.6 is 11.6 Å². The van der Waals surface area contributed by atoms with Crippen molar-refractivity contribution >= 4 is 11.6 Å². The number of benzene rings is 2. The Bertz CT molecular complexity index is 830. The van der Waals surface area contributed by atoms with E-state index in [1.54, 1.807) is 30.8 Å². The molecule has 0 unspecified atom stereocenters. The number of ether oxygens (including phenoxy) is 1. The maximum absolute atomic E-state index is 13.9. The van der Waals surface area contributed by atoms with Crippen molar-refractivity contribution < 1.29 is 9.13 Å². The summed E-state index contributed by atoms with van der Waals surface area (Å²) >= 11 is 5.98. The summed E-state index contributed by atoms with van der Waals surface area (Å²) < 4.78 is 20.7. The van der Waals surface area contributed by atoms with Gasteiger partial charge in [0.15, 0.2) is 0 Å². The molecular weight excluding hydrogens is 317 g/mol. The van der Waals surface area contributed by atoms with Gasteiger partial charge in [-0.05, 0) is 48.9 Å². The zero-order valence-corrected chi connectivity index (χ0v) is 13.5. The maximum Gasteiger partial charge on any atom is 0.128 e. The van der Waals surface area contributed by atoms with Gasteiger partial charge >= 0.3 is 0 Å². The molecule has 0 atom stereocenters. The maximum atomic E-state index is 13.9. The second-order valence-electron chi connectivity index (χ2n) is 5.09. The zero-order valence-electron chi connectivity index (χ0n) is 12.8. The van der Waals surface area contributed by atoms with Crippen molar-refractivity contribution in [3.8, 4) is 22.7 Å². The highest BCUT2D eigenvalue weighted by atomic mass is 35.5. The van der Waals surface area contributed by atoms with Gasteiger partial charge in [-0.3, -0.25) is 0 Å². The number of methoxy groups -OCH3 is 1. The number of alkyl halides is 1. The van der Waals surface area contributed by atoms with Crippen molar-refractivity contribution in [3.63, 3.8) is 0 Å². The van der Waals surface area contributed by atoms with E-state index in [1.165, 1.54) is 6.07 Å². The molecule has 3 aromatic rings. The van der Waals surface area contributed by atoms with Crippen molar-refractivity contribution in [1.82, 2.24) is 15.0 Å². The second kappa shape index (κ2) is 6.38. The summed E-state index contributed by atoms with van der Waals surface area (Å²) in [6.07, 6.45) is 0. The quantitative estimate of drug-likeness (QED) is 0.675. The van der Waals surface area contributed by atoms with E-state index in [9.17, 15) is 4.39 Å².